The van der Waals surface area contributed by atoms with Gasteiger partial charge in [0, 0.05) is 30.2 Å². The maximum absolute atomic E-state index is 13.7. The summed E-state index contributed by atoms with van der Waals surface area (Å²) in [6.07, 6.45) is 4.94. The Morgan fingerprint density at radius 2 is 1.81 bits per heavy atom. The predicted octanol–water partition coefficient (Wildman–Crippen LogP) is 6.50. The molecule has 2 aromatic heterocycles. The van der Waals surface area contributed by atoms with E-state index >= 15 is 0 Å². The van der Waals surface area contributed by atoms with Crippen molar-refractivity contribution >= 4 is 27.5 Å². The number of hydrogen-bond donors (Lipinski definition) is 2. The fourth-order valence-electron chi connectivity index (χ4n) is 5.69. The Labute approximate surface area is 216 Å². The van der Waals surface area contributed by atoms with Gasteiger partial charge in [0.25, 0.3) is 0 Å². The second-order valence-corrected chi connectivity index (χ2v) is 11.9. The van der Waals surface area contributed by atoms with E-state index in [2.05, 4.69) is 10.1 Å². The van der Waals surface area contributed by atoms with Crippen LogP contribution in [0.25, 0.3) is 10.2 Å². The second kappa shape index (κ2) is 9.39. The van der Waals surface area contributed by atoms with Crippen molar-refractivity contribution in [1.82, 2.24) is 10.1 Å². The van der Waals surface area contributed by atoms with Gasteiger partial charge in [-0.05, 0) is 69.6 Å². The third-order valence-electron chi connectivity index (χ3n) is 8.16. The number of aliphatic hydroxyl groups is 1. The first-order valence-corrected chi connectivity index (χ1v) is 13.9. The molecule has 198 valence electrons. The summed E-state index contributed by atoms with van der Waals surface area (Å²) in [5, 5.41) is 25.5. The van der Waals surface area contributed by atoms with Gasteiger partial charge in [-0.3, -0.25) is 0 Å². The number of carbonyl (C=O) groups is 1. The van der Waals surface area contributed by atoms with E-state index in [0.717, 1.165) is 34.6 Å². The molecule has 3 aliphatic carbocycles. The van der Waals surface area contributed by atoms with Gasteiger partial charge in [-0.2, -0.15) is 0 Å². The van der Waals surface area contributed by atoms with Gasteiger partial charge in [0.15, 0.2) is 0 Å². The van der Waals surface area contributed by atoms with E-state index in [1.54, 1.807) is 12.1 Å². The van der Waals surface area contributed by atoms with E-state index in [0.29, 0.717) is 61.6 Å². The maximum Gasteiger partial charge on any atom is 0.335 e. The Morgan fingerprint density at radius 1 is 1.08 bits per heavy atom. The van der Waals surface area contributed by atoms with Gasteiger partial charge in [-0.25, -0.2) is 18.6 Å². The molecule has 2 N–H and O–H groups in total. The normalized spacial score (nSPS) is 26.5. The quantitative estimate of drug-likeness (QED) is 0.358. The van der Waals surface area contributed by atoms with Crippen LogP contribution in [-0.2, 0) is 16.9 Å². The van der Waals surface area contributed by atoms with Crippen molar-refractivity contribution in [2.24, 2.45) is 0 Å². The first kappa shape index (κ1) is 24.9. The molecule has 37 heavy (non-hydrogen) atoms. The summed E-state index contributed by atoms with van der Waals surface area (Å²) in [4.78, 5) is 15.9. The van der Waals surface area contributed by atoms with Gasteiger partial charge >= 0.3 is 5.97 Å². The molecule has 3 fully saturated rings. The average Bonchev–Trinajstić information content (AvgIpc) is 3.48. The molecule has 7 nitrogen and oxygen atoms in total. The highest BCUT2D eigenvalue weighted by Crippen LogP contribution is 2.47. The summed E-state index contributed by atoms with van der Waals surface area (Å²) in [5.41, 5.74) is 1.55. The molecule has 10 heteroatoms. The zero-order valence-electron chi connectivity index (χ0n) is 20.4. The molecule has 0 aliphatic heterocycles. The van der Waals surface area contributed by atoms with Crippen molar-refractivity contribution in [3.8, 4) is 0 Å². The largest absolute Gasteiger partial charge is 0.478 e. The van der Waals surface area contributed by atoms with E-state index in [1.165, 1.54) is 17.4 Å². The molecule has 0 amide bonds. The highest BCUT2D eigenvalue weighted by atomic mass is 32.1. The molecule has 0 spiro atoms. The van der Waals surface area contributed by atoms with Crippen LogP contribution in [0.4, 0.5) is 8.78 Å². The number of alkyl halides is 2. The maximum atomic E-state index is 13.7. The van der Waals surface area contributed by atoms with Gasteiger partial charge in [0.05, 0.1) is 34.2 Å². The molecule has 3 aromatic rings. The van der Waals surface area contributed by atoms with Crippen molar-refractivity contribution in [3.63, 3.8) is 0 Å². The van der Waals surface area contributed by atoms with Crippen molar-refractivity contribution in [3.05, 3.63) is 45.8 Å². The summed E-state index contributed by atoms with van der Waals surface area (Å²) in [7, 11) is 0. The Kier molecular flexibility index (Phi) is 6.32. The Bertz CT molecular complexity index is 1300. The van der Waals surface area contributed by atoms with Crippen LogP contribution >= 0.6 is 11.3 Å². The second-order valence-electron chi connectivity index (χ2n) is 10.9. The number of nitrogens with zero attached hydrogens (tertiary/aromatic N) is 2. The number of aromatic carboxylic acids is 1. The van der Waals surface area contributed by atoms with Crippen LogP contribution in [0.2, 0.25) is 0 Å². The van der Waals surface area contributed by atoms with Crippen LogP contribution in [0.3, 0.4) is 0 Å². The smallest absolute Gasteiger partial charge is 0.335 e. The van der Waals surface area contributed by atoms with Gasteiger partial charge in [-0.15, -0.1) is 11.3 Å². The Hall–Kier alpha value is -2.43. The van der Waals surface area contributed by atoms with Crippen LogP contribution in [0.1, 0.15) is 108 Å². The highest BCUT2D eigenvalue weighted by molar-refractivity contribution is 7.18. The number of carboxylic acid groups (broad SMARTS) is 1. The van der Waals surface area contributed by atoms with E-state index < -0.39 is 17.5 Å². The molecule has 3 aliphatic rings. The standard InChI is InChI=1S/C27H30F2N2O5S/c28-27(29)11-5-15(6-12-27)22-19(23(36-31-22)16-1-2-16)14-35-18-7-9-26(34,10-8-18)25-30-20-4-3-17(24(32)33)13-21(20)37-25/h3-4,13,15-16,18,34H,1-2,5-12,14H2,(H,32,33)/t18-,26-. The van der Waals surface area contributed by atoms with Crippen LogP contribution < -0.4 is 0 Å². The number of ether oxygens (including phenoxy) is 1. The molecule has 0 bridgehead atoms. The molecule has 6 rings (SSSR count). The van der Waals surface area contributed by atoms with Crippen LogP contribution in [0, 0.1) is 0 Å². The van der Waals surface area contributed by atoms with Gasteiger partial charge in [0.2, 0.25) is 5.92 Å². The lowest BCUT2D eigenvalue weighted by molar-refractivity contribution is -0.0644. The zero-order chi connectivity index (χ0) is 25.8. The molecular formula is C27H30F2N2O5S. The Morgan fingerprint density at radius 3 is 2.49 bits per heavy atom. The van der Waals surface area contributed by atoms with Crippen LogP contribution in [-0.4, -0.2) is 38.3 Å². The van der Waals surface area contributed by atoms with E-state index in [-0.39, 0.29) is 30.4 Å². The summed E-state index contributed by atoms with van der Waals surface area (Å²) < 4.78 is 40.2. The molecule has 0 atom stereocenters. The SMILES string of the molecule is O=C(O)c1ccc2nc([C@]3(O)CC[C@H](OCc4c(C5CCC(F)(F)CC5)noc4C4CC4)CC3)sc2c1. The lowest BCUT2D eigenvalue weighted by Gasteiger charge is -2.34. The number of benzene rings is 1. The number of rotatable bonds is 7. The number of hydrogen-bond acceptors (Lipinski definition) is 7. The molecular weight excluding hydrogens is 502 g/mol. The third-order valence-corrected chi connectivity index (χ3v) is 9.37. The minimum atomic E-state index is -2.59. The minimum absolute atomic E-state index is 0.0217. The molecule has 1 aromatic carbocycles. The number of thiazole rings is 1. The number of carboxylic acids is 1. The van der Waals surface area contributed by atoms with Crippen LogP contribution in [0.15, 0.2) is 22.7 Å². The topological polar surface area (TPSA) is 106 Å². The van der Waals surface area contributed by atoms with E-state index in [4.69, 9.17) is 9.26 Å². The lowest BCUT2D eigenvalue weighted by Crippen LogP contribution is -2.34. The first-order valence-electron chi connectivity index (χ1n) is 13.1. The van der Waals surface area contributed by atoms with Crippen molar-refractivity contribution in [2.75, 3.05) is 0 Å². The molecule has 0 saturated heterocycles. The van der Waals surface area contributed by atoms with Gasteiger partial charge < -0.3 is 19.5 Å². The lowest BCUT2D eigenvalue weighted by atomic mass is 9.83. The fourth-order valence-corrected chi connectivity index (χ4v) is 6.84. The molecule has 0 unspecified atom stereocenters. The van der Waals surface area contributed by atoms with Gasteiger partial charge in [-0.1, -0.05) is 5.16 Å². The van der Waals surface area contributed by atoms with Gasteiger partial charge in [0.1, 0.15) is 16.4 Å². The summed E-state index contributed by atoms with van der Waals surface area (Å²) in [6.45, 7) is 0.347. The summed E-state index contributed by atoms with van der Waals surface area (Å²) >= 11 is 1.34. The average molecular weight is 533 g/mol. The van der Waals surface area contributed by atoms with Crippen molar-refractivity contribution in [2.45, 2.75) is 100 Å². The predicted molar refractivity (Wildman–Crippen MR) is 132 cm³/mol. The zero-order valence-corrected chi connectivity index (χ0v) is 21.2. The Balaban J connectivity index is 1.11. The monoisotopic (exact) mass is 532 g/mol. The van der Waals surface area contributed by atoms with E-state index in [9.17, 15) is 23.8 Å². The molecule has 3 saturated carbocycles. The number of aromatic nitrogens is 2. The first-order chi connectivity index (χ1) is 17.7. The molecule has 2 heterocycles. The summed E-state index contributed by atoms with van der Waals surface area (Å²) in [6, 6.07) is 4.80. The van der Waals surface area contributed by atoms with Crippen LogP contribution in [0.5, 0.6) is 0 Å². The minimum Gasteiger partial charge on any atom is -0.478 e. The van der Waals surface area contributed by atoms with Crippen molar-refractivity contribution in [1.29, 1.82) is 0 Å². The highest BCUT2D eigenvalue weighted by Gasteiger charge is 2.41. The van der Waals surface area contributed by atoms with E-state index in [1.807, 2.05) is 0 Å². The summed E-state index contributed by atoms with van der Waals surface area (Å²) in [5.74, 6) is -2.39. The third kappa shape index (κ3) is 5.03. The van der Waals surface area contributed by atoms with Crippen molar-refractivity contribution < 1.29 is 33.0 Å². The number of halogens is 2. The fraction of sp³-hybridized carbons (Fsp3) is 0.593. The number of fused-ring (bicyclic) bond motifs is 1. The molecule has 0 radical (unpaired) electrons.